The van der Waals surface area contributed by atoms with E-state index in [9.17, 15) is 9.59 Å². The molecule has 3 rings (SSSR count). The molecule has 0 spiro atoms. The van der Waals surface area contributed by atoms with E-state index in [0.717, 1.165) is 11.3 Å². The number of benzene rings is 1. The Morgan fingerprint density at radius 2 is 2.07 bits per heavy atom. The number of thiazole rings is 1. The number of aromatic nitrogens is 2. The van der Waals surface area contributed by atoms with Crippen LogP contribution in [0.4, 0.5) is 5.13 Å². The van der Waals surface area contributed by atoms with Crippen molar-refractivity contribution in [2.24, 2.45) is 0 Å². The van der Waals surface area contributed by atoms with E-state index in [4.69, 9.17) is 9.47 Å². The Hall–Kier alpha value is -3.26. The van der Waals surface area contributed by atoms with E-state index in [-0.39, 0.29) is 5.56 Å². The third kappa shape index (κ3) is 4.68. The number of methoxy groups -OCH3 is 1. The number of nitrogens with one attached hydrogen (secondary N) is 1. The van der Waals surface area contributed by atoms with Gasteiger partial charge in [-0.3, -0.25) is 15.1 Å². The van der Waals surface area contributed by atoms with Crippen LogP contribution in [-0.4, -0.2) is 35.1 Å². The van der Waals surface area contributed by atoms with Gasteiger partial charge in [-0.25, -0.2) is 9.78 Å². The number of amides is 1. The van der Waals surface area contributed by atoms with E-state index in [1.807, 2.05) is 29.6 Å². The summed E-state index contributed by atoms with van der Waals surface area (Å²) >= 11 is 1.28. The molecule has 1 atom stereocenters. The van der Waals surface area contributed by atoms with E-state index in [1.165, 1.54) is 24.5 Å². The second-order valence-corrected chi connectivity index (χ2v) is 6.41. The summed E-state index contributed by atoms with van der Waals surface area (Å²) in [5.41, 5.74) is 1.88. The monoisotopic (exact) mass is 383 g/mol. The van der Waals surface area contributed by atoms with Crippen LogP contribution in [0.15, 0.2) is 54.2 Å². The fourth-order valence-electron chi connectivity index (χ4n) is 2.22. The molecular formula is C19H17N3O4S. The van der Waals surface area contributed by atoms with Gasteiger partial charge in [0, 0.05) is 23.3 Å². The van der Waals surface area contributed by atoms with Gasteiger partial charge in [-0.05, 0) is 31.2 Å². The fourth-order valence-corrected chi connectivity index (χ4v) is 2.94. The Kier molecular flexibility index (Phi) is 5.77. The van der Waals surface area contributed by atoms with Crippen molar-refractivity contribution in [2.45, 2.75) is 13.0 Å². The minimum Gasteiger partial charge on any atom is -0.497 e. The van der Waals surface area contributed by atoms with Gasteiger partial charge in [0.05, 0.1) is 18.4 Å². The van der Waals surface area contributed by atoms with Gasteiger partial charge in [0.2, 0.25) is 0 Å². The minimum atomic E-state index is -0.970. The first kappa shape index (κ1) is 18.5. The van der Waals surface area contributed by atoms with Crippen molar-refractivity contribution < 1.29 is 19.1 Å². The Bertz CT molecular complexity index is 943. The molecule has 1 N–H and O–H groups in total. The van der Waals surface area contributed by atoms with Crippen LogP contribution in [0.5, 0.6) is 5.75 Å². The molecule has 3 aromatic rings. The van der Waals surface area contributed by atoms with Crippen molar-refractivity contribution in [3.8, 4) is 17.0 Å². The molecule has 8 heteroatoms. The number of ether oxygens (including phenoxy) is 2. The number of carbonyl (C=O) groups excluding carboxylic acids is 2. The van der Waals surface area contributed by atoms with Crippen LogP contribution < -0.4 is 10.1 Å². The van der Waals surface area contributed by atoms with Crippen LogP contribution in [0.3, 0.4) is 0 Å². The molecule has 1 aromatic carbocycles. The average molecular weight is 383 g/mol. The van der Waals surface area contributed by atoms with Gasteiger partial charge in [-0.1, -0.05) is 12.1 Å². The van der Waals surface area contributed by atoms with Gasteiger partial charge < -0.3 is 9.47 Å². The molecule has 0 radical (unpaired) electrons. The van der Waals surface area contributed by atoms with Crippen LogP contribution in [0, 0.1) is 0 Å². The second-order valence-electron chi connectivity index (χ2n) is 5.55. The second kappa shape index (κ2) is 8.41. The molecule has 0 bridgehead atoms. The maximum atomic E-state index is 12.3. The zero-order valence-electron chi connectivity index (χ0n) is 14.7. The third-order valence-electron chi connectivity index (χ3n) is 3.65. The topological polar surface area (TPSA) is 90.4 Å². The summed E-state index contributed by atoms with van der Waals surface area (Å²) in [6.45, 7) is 1.50. The standard InChI is InChI=1S/C19H17N3O4S/c1-12(26-18(24)14-6-4-8-20-10-14)17(23)22-19-21-16(11-27-19)13-5-3-7-15(9-13)25-2/h3-12H,1-2H3,(H,21,22,23). The lowest BCUT2D eigenvalue weighted by molar-refractivity contribution is -0.123. The Morgan fingerprint density at radius 1 is 1.22 bits per heavy atom. The summed E-state index contributed by atoms with van der Waals surface area (Å²) in [7, 11) is 1.60. The lowest BCUT2D eigenvalue weighted by Gasteiger charge is -2.12. The Labute approximate surface area is 160 Å². The molecule has 2 aromatic heterocycles. The van der Waals surface area contributed by atoms with Crippen LogP contribution >= 0.6 is 11.3 Å². The predicted molar refractivity (Wildman–Crippen MR) is 102 cm³/mol. The Balaban J connectivity index is 1.62. The van der Waals surface area contributed by atoms with Gasteiger partial charge in [0.15, 0.2) is 11.2 Å². The summed E-state index contributed by atoms with van der Waals surface area (Å²) < 4.78 is 10.4. The summed E-state index contributed by atoms with van der Waals surface area (Å²) in [6.07, 6.45) is 1.96. The van der Waals surface area contributed by atoms with Crippen LogP contribution in [0.2, 0.25) is 0 Å². The van der Waals surface area contributed by atoms with Crippen LogP contribution in [0.1, 0.15) is 17.3 Å². The lowest BCUT2D eigenvalue weighted by atomic mass is 10.2. The fraction of sp³-hybridized carbons (Fsp3) is 0.158. The van der Waals surface area contributed by atoms with E-state index in [2.05, 4.69) is 15.3 Å². The molecule has 27 heavy (non-hydrogen) atoms. The zero-order chi connectivity index (χ0) is 19.2. The average Bonchev–Trinajstić information content (AvgIpc) is 3.17. The maximum absolute atomic E-state index is 12.3. The molecule has 0 saturated carbocycles. The van der Waals surface area contributed by atoms with Gasteiger partial charge in [-0.2, -0.15) is 0 Å². The maximum Gasteiger partial charge on any atom is 0.340 e. The highest BCUT2D eigenvalue weighted by atomic mass is 32.1. The molecule has 1 amide bonds. The number of esters is 1. The highest BCUT2D eigenvalue weighted by Gasteiger charge is 2.20. The first-order valence-electron chi connectivity index (χ1n) is 8.08. The molecule has 0 aliphatic carbocycles. The summed E-state index contributed by atoms with van der Waals surface area (Å²) in [6, 6.07) is 10.7. The smallest absolute Gasteiger partial charge is 0.340 e. The third-order valence-corrected chi connectivity index (χ3v) is 4.41. The van der Waals surface area contributed by atoms with Crippen molar-refractivity contribution in [3.05, 3.63) is 59.7 Å². The van der Waals surface area contributed by atoms with Crippen molar-refractivity contribution in [2.75, 3.05) is 12.4 Å². The van der Waals surface area contributed by atoms with Crippen LogP contribution in [-0.2, 0) is 9.53 Å². The quantitative estimate of drug-likeness (QED) is 0.656. The van der Waals surface area contributed by atoms with Gasteiger partial charge in [0.1, 0.15) is 5.75 Å². The van der Waals surface area contributed by atoms with Crippen molar-refractivity contribution >= 4 is 28.3 Å². The predicted octanol–water partition coefficient (Wildman–Crippen LogP) is 3.40. The van der Waals surface area contributed by atoms with Gasteiger partial charge in [0.25, 0.3) is 5.91 Å². The summed E-state index contributed by atoms with van der Waals surface area (Å²) in [5.74, 6) is -0.345. The van der Waals surface area contributed by atoms with Crippen molar-refractivity contribution in [3.63, 3.8) is 0 Å². The molecular weight excluding hydrogens is 366 g/mol. The van der Waals surface area contributed by atoms with E-state index >= 15 is 0 Å². The Morgan fingerprint density at radius 3 is 2.81 bits per heavy atom. The normalized spacial score (nSPS) is 11.5. The highest BCUT2D eigenvalue weighted by Crippen LogP contribution is 2.27. The number of nitrogens with zero attached hydrogens (tertiary/aromatic N) is 2. The number of hydrogen-bond acceptors (Lipinski definition) is 7. The summed E-state index contributed by atoms with van der Waals surface area (Å²) in [5, 5.41) is 4.91. The number of carbonyl (C=O) groups is 2. The molecule has 0 aliphatic rings. The molecule has 1 unspecified atom stereocenters. The lowest BCUT2D eigenvalue weighted by Crippen LogP contribution is -2.30. The van der Waals surface area contributed by atoms with Gasteiger partial charge in [-0.15, -0.1) is 11.3 Å². The first-order chi connectivity index (χ1) is 13.1. The van der Waals surface area contributed by atoms with Crippen molar-refractivity contribution in [1.82, 2.24) is 9.97 Å². The molecule has 7 nitrogen and oxygen atoms in total. The number of rotatable bonds is 6. The van der Waals surface area contributed by atoms with E-state index in [1.54, 1.807) is 25.4 Å². The minimum absolute atomic E-state index is 0.284. The van der Waals surface area contributed by atoms with Gasteiger partial charge >= 0.3 is 5.97 Å². The van der Waals surface area contributed by atoms with E-state index < -0.39 is 18.0 Å². The summed E-state index contributed by atoms with van der Waals surface area (Å²) in [4.78, 5) is 32.5. The molecule has 0 saturated heterocycles. The van der Waals surface area contributed by atoms with Crippen molar-refractivity contribution in [1.29, 1.82) is 0 Å². The molecule has 138 valence electrons. The molecule has 2 heterocycles. The first-order valence-corrected chi connectivity index (χ1v) is 8.96. The number of anilines is 1. The number of hydrogen-bond donors (Lipinski definition) is 1. The molecule has 0 aliphatic heterocycles. The molecule has 0 fully saturated rings. The number of pyridine rings is 1. The van der Waals surface area contributed by atoms with E-state index in [0.29, 0.717) is 10.8 Å². The zero-order valence-corrected chi connectivity index (χ0v) is 15.5. The SMILES string of the molecule is COc1cccc(-c2csc(NC(=O)C(C)OC(=O)c3cccnc3)n2)c1. The largest absolute Gasteiger partial charge is 0.497 e. The highest BCUT2D eigenvalue weighted by molar-refractivity contribution is 7.14. The van der Waals surface area contributed by atoms with Crippen LogP contribution in [0.25, 0.3) is 11.3 Å².